The van der Waals surface area contributed by atoms with E-state index in [1.165, 1.54) is 0 Å². The van der Waals surface area contributed by atoms with E-state index in [-0.39, 0.29) is 0 Å². The average Bonchev–Trinajstić information content (AvgIpc) is 2.21. The minimum atomic E-state index is 0.708. The second-order valence-corrected chi connectivity index (χ2v) is 1.27. The summed E-state index contributed by atoms with van der Waals surface area (Å²) in [5.41, 5.74) is 2.94. The molecule has 0 aromatic carbocycles. The van der Waals surface area contributed by atoms with Crippen LogP contribution in [0.1, 0.15) is 0 Å². The smallest absolute Gasteiger partial charge is 0.113 e. The molecule has 0 aromatic heterocycles. The molecule has 1 saturated heterocycles. The van der Waals surface area contributed by atoms with Gasteiger partial charge in [-0.05, 0) is 0 Å². The third kappa shape index (κ3) is 0.931. The molecule has 3 nitrogen and oxygen atoms in total. The second-order valence-electron chi connectivity index (χ2n) is 1.27. The quantitative estimate of drug-likeness (QED) is 0.456. The predicted octanol–water partition coefficient (Wildman–Crippen LogP) is -0.632. The van der Waals surface area contributed by atoms with E-state index >= 15 is 0 Å². The molecule has 0 spiro atoms. The zero-order valence-corrected chi connectivity index (χ0v) is 3.77. The van der Waals surface area contributed by atoms with Crippen molar-refractivity contribution in [2.75, 3.05) is 20.5 Å². The molecular weight excluding hydrogens is 80.0 g/mol. The summed E-state index contributed by atoms with van der Waals surface area (Å²) < 4.78 is 4.73. The Morgan fingerprint density at radius 2 is 2.67 bits per heavy atom. The highest BCUT2D eigenvalue weighted by atomic mass is 16.5. The van der Waals surface area contributed by atoms with Crippen LogP contribution in [0.5, 0.6) is 0 Å². The molecule has 1 aliphatic rings. The third-order valence-corrected chi connectivity index (χ3v) is 0.667. The van der Waals surface area contributed by atoms with Gasteiger partial charge >= 0.3 is 0 Å². The molecule has 0 amide bonds. The molecular formula is C3H8N2O. The fraction of sp³-hybridized carbons (Fsp3) is 1.00. The van der Waals surface area contributed by atoms with Crippen molar-refractivity contribution in [3.8, 4) is 0 Å². The first kappa shape index (κ1) is 4.05. The normalized spacial score (nSPS) is 30.5. The Balaban J connectivity index is 1.88. The molecule has 0 radical (unpaired) electrons. The average molecular weight is 88.1 g/mol. The highest BCUT2D eigenvalue weighted by molar-refractivity contribution is 4.51. The topological polar surface area (TPSA) is 34.2 Å². The zero-order valence-electron chi connectivity index (χ0n) is 3.77. The van der Waals surface area contributed by atoms with Gasteiger partial charge in [0.1, 0.15) is 6.73 Å². The van der Waals surface area contributed by atoms with Crippen LogP contribution in [0.3, 0.4) is 0 Å². The lowest BCUT2D eigenvalue weighted by molar-refractivity contribution is 0.125. The molecule has 0 aliphatic carbocycles. The standard InChI is InChI=1S/C3H8N2O/c1-6-3-5-2-4-5/h4H,2-3H2,1H3. The van der Waals surface area contributed by atoms with Crippen molar-refractivity contribution in [3.63, 3.8) is 0 Å². The molecule has 36 valence electrons. The van der Waals surface area contributed by atoms with Crippen LogP contribution in [0.25, 0.3) is 0 Å². The van der Waals surface area contributed by atoms with Gasteiger partial charge in [-0.3, -0.25) is 0 Å². The van der Waals surface area contributed by atoms with Crippen molar-refractivity contribution in [2.45, 2.75) is 0 Å². The largest absolute Gasteiger partial charge is 0.368 e. The van der Waals surface area contributed by atoms with Gasteiger partial charge in [0.15, 0.2) is 0 Å². The van der Waals surface area contributed by atoms with Gasteiger partial charge < -0.3 is 4.74 Å². The van der Waals surface area contributed by atoms with Crippen LogP contribution in [-0.2, 0) is 4.74 Å². The van der Waals surface area contributed by atoms with Crippen LogP contribution in [0.15, 0.2) is 0 Å². The highest BCUT2D eigenvalue weighted by Crippen LogP contribution is 1.89. The van der Waals surface area contributed by atoms with Crippen molar-refractivity contribution in [3.05, 3.63) is 0 Å². The fourth-order valence-corrected chi connectivity index (χ4v) is 0.297. The molecule has 0 aromatic rings. The highest BCUT2D eigenvalue weighted by Gasteiger charge is 2.13. The minimum absolute atomic E-state index is 0.708. The van der Waals surface area contributed by atoms with Gasteiger partial charge in [0, 0.05) is 7.11 Å². The molecule has 1 aliphatic heterocycles. The number of hydrogen-bond donors (Lipinski definition) is 1. The Morgan fingerprint density at radius 3 is 2.83 bits per heavy atom. The maximum absolute atomic E-state index is 4.73. The van der Waals surface area contributed by atoms with Crippen molar-refractivity contribution in [1.29, 1.82) is 0 Å². The van der Waals surface area contributed by atoms with Crippen LogP contribution >= 0.6 is 0 Å². The number of hydrazine groups is 1. The fourth-order valence-electron chi connectivity index (χ4n) is 0.297. The number of methoxy groups -OCH3 is 1. The zero-order chi connectivity index (χ0) is 4.41. The second kappa shape index (κ2) is 1.55. The van der Waals surface area contributed by atoms with Gasteiger partial charge in [-0.25, -0.2) is 10.4 Å². The Labute approximate surface area is 36.9 Å². The number of nitrogens with zero attached hydrogens (tertiary/aromatic N) is 1. The third-order valence-electron chi connectivity index (χ3n) is 0.667. The molecule has 1 atom stereocenters. The van der Waals surface area contributed by atoms with E-state index < -0.39 is 0 Å². The number of nitrogens with one attached hydrogen (secondary N) is 1. The van der Waals surface area contributed by atoms with Crippen molar-refractivity contribution in [2.24, 2.45) is 0 Å². The van der Waals surface area contributed by atoms with Crippen LogP contribution in [0.2, 0.25) is 0 Å². The maximum Gasteiger partial charge on any atom is 0.113 e. The van der Waals surface area contributed by atoms with Crippen molar-refractivity contribution < 1.29 is 4.74 Å². The van der Waals surface area contributed by atoms with E-state index in [1.54, 1.807) is 7.11 Å². The number of rotatable bonds is 2. The van der Waals surface area contributed by atoms with Gasteiger partial charge in [-0.2, -0.15) is 0 Å². The molecule has 3 heteroatoms. The van der Waals surface area contributed by atoms with Crippen LogP contribution in [-0.4, -0.2) is 25.5 Å². The van der Waals surface area contributed by atoms with E-state index in [9.17, 15) is 0 Å². The van der Waals surface area contributed by atoms with Crippen LogP contribution in [0.4, 0.5) is 0 Å². The lowest BCUT2D eigenvalue weighted by atomic mass is 11.1. The molecule has 1 N–H and O–H groups in total. The Morgan fingerprint density at radius 1 is 2.00 bits per heavy atom. The summed E-state index contributed by atoms with van der Waals surface area (Å²) in [5.74, 6) is 0. The Hall–Kier alpha value is -0.120. The number of ether oxygens (including phenoxy) is 1. The van der Waals surface area contributed by atoms with Gasteiger partial charge in [-0.15, -0.1) is 0 Å². The summed E-state index contributed by atoms with van der Waals surface area (Å²) in [7, 11) is 1.68. The Bertz CT molecular complexity index is 44.1. The molecule has 1 unspecified atom stereocenters. The molecule has 1 rings (SSSR count). The lowest BCUT2D eigenvalue weighted by Gasteiger charge is -1.90. The van der Waals surface area contributed by atoms with Gasteiger partial charge in [0.2, 0.25) is 0 Å². The first-order valence-electron chi connectivity index (χ1n) is 1.91. The summed E-state index contributed by atoms with van der Waals surface area (Å²) in [6.07, 6.45) is 0. The van der Waals surface area contributed by atoms with E-state index in [1.807, 2.05) is 5.01 Å². The molecule has 1 heterocycles. The lowest BCUT2D eigenvalue weighted by Crippen LogP contribution is -2.03. The monoisotopic (exact) mass is 88.1 g/mol. The summed E-state index contributed by atoms with van der Waals surface area (Å²) in [6.45, 7) is 1.69. The van der Waals surface area contributed by atoms with Crippen molar-refractivity contribution >= 4 is 0 Å². The SMILES string of the molecule is COCN1CN1. The summed E-state index contributed by atoms with van der Waals surface area (Å²) >= 11 is 0. The summed E-state index contributed by atoms with van der Waals surface area (Å²) in [5, 5.41) is 1.96. The van der Waals surface area contributed by atoms with Crippen LogP contribution in [0, 0.1) is 0 Å². The predicted molar refractivity (Wildman–Crippen MR) is 21.7 cm³/mol. The molecule has 0 saturated carbocycles. The molecule has 6 heavy (non-hydrogen) atoms. The van der Waals surface area contributed by atoms with Gasteiger partial charge in [-0.1, -0.05) is 0 Å². The summed E-state index contributed by atoms with van der Waals surface area (Å²) in [6, 6.07) is 0. The van der Waals surface area contributed by atoms with Crippen LogP contribution < -0.4 is 5.43 Å². The van der Waals surface area contributed by atoms with E-state index in [4.69, 9.17) is 4.74 Å². The molecule has 0 bridgehead atoms. The van der Waals surface area contributed by atoms with E-state index in [2.05, 4.69) is 5.43 Å². The Kier molecular flexibility index (Phi) is 1.05. The van der Waals surface area contributed by atoms with E-state index in [0.717, 1.165) is 6.67 Å². The van der Waals surface area contributed by atoms with Gasteiger partial charge in [0.05, 0.1) is 6.67 Å². The van der Waals surface area contributed by atoms with E-state index in [0.29, 0.717) is 6.73 Å². The number of hydrogen-bond acceptors (Lipinski definition) is 3. The first-order valence-corrected chi connectivity index (χ1v) is 1.91. The van der Waals surface area contributed by atoms with Gasteiger partial charge in [0.25, 0.3) is 0 Å². The first-order chi connectivity index (χ1) is 2.93. The minimum Gasteiger partial charge on any atom is -0.368 e. The summed E-state index contributed by atoms with van der Waals surface area (Å²) in [4.78, 5) is 0. The maximum atomic E-state index is 4.73. The molecule has 1 fully saturated rings. The van der Waals surface area contributed by atoms with Crippen molar-refractivity contribution in [1.82, 2.24) is 10.4 Å².